The topological polar surface area (TPSA) is 72.0 Å². The third kappa shape index (κ3) is 4.14. The predicted octanol–water partition coefficient (Wildman–Crippen LogP) is 3.49. The number of hydrogen-bond donors (Lipinski definition) is 1. The number of benzene rings is 1. The van der Waals surface area contributed by atoms with Crippen LogP contribution in [-0.2, 0) is 4.79 Å². The Balaban J connectivity index is 1.54. The minimum Gasteiger partial charge on any atom is -0.300 e. The molecule has 1 aromatic heterocycles. The largest absolute Gasteiger partial charge is 0.300 e. The molecule has 5 nitrogen and oxygen atoms in total. The zero-order valence-electron chi connectivity index (χ0n) is 12.3. The summed E-state index contributed by atoms with van der Waals surface area (Å²) in [6.07, 6.45) is 2.27. The Morgan fingerprint density at radius 2 is 2.17 bits per heavy atom. The van der Waals surface area contributed by atoms with Gasteiger partial charge in [-0.05, 0) is 31.9 Å². The summed E-state index contributed by atoms with van der Waals surface area (Å²) in [4.78, 5) is 23.4. The van der Waals surface area contributed by atoms with E-state index in [1.807, 2.05) is 0 Å². The van der Waals surface area contributed by atoms with Crippen molar-refractivity contribution in [1.82, 2.24) is 10.2 Å². The fourth-order valence-electron chi connectivity index (χ4n) is 1.92. The summed E-state index contributed by atoms with van der Waals surface area (Å²) < 4.78 is 13.9. The number of anilines is 1. The maximum absolute atomic E-state index is 13.9. The molecule has 1 aliphatic carbocycles. The third-order valence-corrected chi connectivity index (χ3v) is 5.36. The lowest BCUT2D eigenvalue weighted by molar-refractivity contribution is -0.113. The second kappa shape index (κ2) is 6.76. The van der Waals surface area contributed by atoms with Gasteiger partial charge in [0.25, 0.3) is 0 Å². The number of carbonyl (C=O) groups is 2. The van der Waals surface area contributed by atoms with E-state index in [1.165, 1.54) is 30.4 Å². The molecule has 2 aromatic rings. The van der Waals surface area contributed by atoms with Crippen molar-refractivity contribution in [3.05, 3.63) is 34.6 Å². The Morgan fingerprint density at radius 3 is 2.83 bits per heavy atom. The van der Waals surface area contributed by atoms with Crippen LogP contribution in [0.2, 0.25) is 0 Å². The number of aromatic nitrogens is 2. The first-order valence-electron chi connectivity index (χ1n) is 7.09. The smallest absolute Gasteiger partial charge is 0.236 e. The number of ketones is 1. The molecule has 0 aliphatic heterocycles. The normalized spacial score (nSPS) is 13.8. The number of rotatable bonds is 6. The van der Waals surface area contributed by atoms with E-state index in [2.05, 4.69) is 15.5 Å². The van der Waals surface area contributed by atoms with E-state index in [9.17, 15) is 14.0 Å². The maximum atomic E-state index is 13.9. The minimum absolute atomic E-state index is 0.0642. The summed E-state index contributed by atoms with van der Waals surface area (Å²) in [7, 11) is 0. The monoisotopic (exact) mass is 351 g/mol. The molecule has 0 saturated heterocycles. The molecule has 0 bridgehead atoms. The molecule has 8 heteroatoms. The van der Waals surface area contributed by atoms with Gasteiger partial charge in [-0.25, -0.2) is 4.39 Å². The van der Waals surface area contributed by atoms with Crippen LogP contribution in [0, 0.1) is 5.82 Å². The third-order valence-electron chi connectivity index (χ3n) is 3.31. The number of Topliss-reactive ketones (excluding diaryl/α,β-unsaturated/α-hetero) is 1. The zero-order chi connectivity index (χ0) is 16.4. The van der Waals surface area contributed by atoms with Crippen molar-refractivity contribution in [2.45, 2.75) is 30.6 Å². The molecule has 1 aliphatic rings. The second-order valence-electron chi connectivity index (χ2n) is 5.26. The Hall–Kier alpha value is -1.80. The molecule has 0 unspecified atom stereocenters. The van der Waals surface area contributed by atoms with Gasteiger partial charge in [0.15, 0.2) is 5.78 Å². The molecular formula is C15H14FN3O2S2. The quantitative estimate of drug-likeness (QED) is 0.637. The van der Waals surface area contributed by atoms with Crippen molar-refractivity contribution in [3.63, 3.8) is 0 Å². The van der Waals surface area contributed by atoms with Gasteiger partial charge >= 0.3 is 0 Å². The number of halogens is 1. The van der Waals surface area contributed by atoms with E-state index in [1.54, 1.807) is 6.07 Å². The van der Waals surface area contributed by atoms with E-state index in [0.29, 0.717) is 21.5 Å². The molecule has 0 atom stereocenters. The molecule has 120 valence electrons. The van der Waals surface area contributed by atoms with Gasteiger partial charge in [0.05, 0.1) is 5.75 Å². The Bertz CT molecular complexity index is 759. The Kier molecular flexibility index (Phi) is 4.72. The summed E-state index contributed by atoms with van der Waals surface area (Å²) in [5.74, 6) is -0.386. The zero-order valence-corrected chi connectivity index (χ0v) is 14.0. The van der Waals surface area contributed by atoms with Crippen molar-refractivity contribution in [2.24, 2.45) is 0 Å². The van der Waals surface area contributed by atoms with E-state index in [0.717, 1.165) is 29.6 Å². The van der Waals surface area contributed by atoms with Crippen LogP contribution < -0.4 is 5.32 Å². The number of carbonyl (C=O) groups excluding carboxylic acids is 2. The summed E-state index contributed by atoms with van der Waals surface area (Å²) >= 11 is 2.47. The van der Waals surface area contributed by atoms with E-state index >= 15 is 0 Å². The summed E-state index contributed by atoms with van der Waals surface area (Å²) in [6.45, 7) is 1.38. The van der Waals surface area contributed by atoms with Crippen molar-refractivity contribution in [2.75, 3.05) is 11.1 Å². The van der Waals surface area contributed by atoms with Crippen LogP contribution in [0.1, 0.15) is 41.0 Å². The van der Waals surface area contributed by atoms with Crippen LogP contribution >= 0.6 is 23.1 Å². The molecule has 1 amide bonds. The van der Waals surface area contributed by atoms with Crippen LogP contribution in [0.5, 0.6) is 0 Å². The van der Waals surface area contributed by atoms with Crippen molar-refractivity contribution in [1.29, 1.82) is 0 Å². The molecule has 23 heavy (non-hydrogen) atoms. The van der Waals surface area contributed by atoms with Crippen molar-refractivity contribution >= 4 is 39.9 Å². The van der Waals surface area contributed by atoms with Crippen LogP contribution in [-0.4, -0.2) is 27.6 Å². The standard InChI is InChI=1S/C15H14FN3O2S2/c1-8(20)10-4-5-12(11(16)6-10)22-7-13(21)17-15-19-18-14(23-15)9-2-3-9/h4-6,9H,2-3,7H2,1H3,(H,17,19,21). The molecule has 0 radical (unpaired) electrons. The molecule has 0 spiro atoms. The van der Waals surface area contributed by atoms with Crippen LogP contribution in [0.3, 0.4) is 0 Å². The number of hydrogen-bond acceptors (Lipinski definition) is 6. The lowest BCUT2D eigenvalue weighted by Crippen LogP contribution is -2.14. The van der Waals surface area contributed by atoms with Gasteiger partial charge in [0.2, 0.25) is 11.0 Å². The van der Waals surface area contributed by atoms with E-state index in [4.69, 9.17) is 0 Å². The predicted molar refractivity (Wildman–Crippen MR) is 87.6 cm³/mol. The fourth-order valence-corrected chi connectivity index (χ4v) is 3.56. The average molecular weight is 351 g/mol. The first-order valence-corrected chi connectivity index (χ1v) is 8.89. The molecular weight excluding hydrogens is 337 g/mol. The van der Waals surface area contributed by atoms with E-state index in [-0.39, 0.29) is 17.4 Å². The van der Waals surface area contributed by atoms with E-state index < -0.39 is 5.82 Å². The number of nitrogens with one attached hydrogen (secondary N) is 1. The average Bonchev–Trinajstić information content (AvgIpc) is 3.26. The van der Waals surface area contributed by atoms with Gasteiger partial charge in [-0.3, -0.25) is 14.9 Å². The lowest BCUT2D eigenvalue weighted by Gasteiger charge is -2.04. The Labute approximate surface area is 140 Å². The molecule has 1 N–H and O–H groups in total. The molecule has 1 saturated carbocycles. The minimum atomic E-state index is -0.498. The van der Waals surface area contributed by atoms with Crippen LogP contribution in [0.4, 0.5) is 9.52 Å². The van der Waals surface area contributed by atoms with Crippen molar-refractivity contribution in [3.8, 4) is 0 Å². The SMILES string of the molecule is CC(=O)c1ccc(SCC(=O)Nc2nnc(C3CC3)s2)c(F)c1. The summed E-state index contributed by atoms with van der Waals surface area (Å²) in [5.41, 5.74) is 0.317. The highest BCUT2D eigenvalue weighted by Gasteiger charge is 2.27. The second-order valence-corrected chi connectivity index (χ2v) is 7.28. The fraction of sp³-hybridized carbons (Fsp3) is 0.333. The van der Waals surface area contributed by atoms with Gasteiger partial charge in [-0.1, -0.05) is 17.4 Å². The van der Waals surface area contributed by atoms with Gasteiger partial charge < -0.3 is 0 Å². The molecule has 3 rings (SSSR count). The first kappa shape index (κ1) is 16.1. The van der Waals surface area contributed by atoms with Gasteiger partial charge in [-0.2, -0.15) is 0 Å². The van der Waals surface area contributed by atoms with Crippen molar-refractivity contribution < 1.29 is 14.0 Å². The number of thioether (sulfide) groups is 1. The van der Waals surface area contributed by atoms with Gasteiger partial charge in [-0.15, -0.1) is 22.0 Å². The first-order chi connectivity index (χ1) is 11.0. The highest BCUT2D eigenvalue weighted by Crippen LogP contribution is 2.42. The van der Waals surface area contributed by atoms with Gasteiger partial charge in [0, 0.05) is 16.4 Å². The van der Waals surface area contributed by atoms with Gasteiger partial charge in [0.1, 0.15) is 10.8 Å². The Morgan fingerprint density at radius 1 is 1.39 bits per heavy atom. The van der Waals surface area contributed by atoms with Crippen LogP contribution in [0.15, 0.2) is 23.1 Å². The highest BCUT2D eigenvalue weighted by atomic mass is 32.2. The molecule has 1 fully saturated rings. The maximum Gasteiger partial charge on any atom is 0.236 e. The number of nitrogens with zero attached hydrogens (tertiary/aromatic N) is 2. The highest BCUT2D eigenvalue weighted by molar-refractivity contribution is 8.00. The van der Waals surface area contributed by atoms with Crippen LogP contribution in [0.25, 0.3) is 0 Å². The molecule has 1 aromatic carbocycles. The summed E-state index contributed by atoms with van der Waals surface area (Å²) in [5, 5.41) is 12.1. The lowest BCUT2D eigenvalue weighted by atomic mass is 10.1. The molecule has 1 heterocycles. The number of amides is 1. The summed E-state index contributed by atoms with van der Waals surface area (Å²) in [6, 6.07) is 4.26.